The summed E-state index contributed by atoms with van der Waals surface area (Å²) in [6.07, 6.45) is 0.914. The minimum absolute atomic E-state index is 0.0453. The van der Waals surface area contributed by atoms with Crippen LogP contribution in [0.3, 0.4) is 0 Å². The quantitative estimate of drug-likeness (QED) is 0.923. The molecule has 6 heteroatoms. The van der Waals surface area contributed by atoms with E-state index in [1.54, 1.807) is 10.7 Å². The normalized spacial score (nSPS) is 12.9. The van der Waals surface area contributed by atoms with Gasteiger partial charge in [0.05, 0.1) is 11.1 Å². The van der Waals surface area contributed by atoms with Crippen molar-refractivity contribution in [2.45, 2.75) is 32.9 Å². The zero-order valence-corrected chi connectivity index (χ0v) is 12.2. The van der Waals surface area contributed by atoms with Gasteiger partial charge >= 0.3 is 0 Å². The first-order chi connectivity index (χ1) is 9.47. The van der Waals surface area contributed by atoms with Crippen molar-refractivity contribution in [1.29, 1.82) is 0 Å². The molecule has 4 nitrogen and oxygen atoms in total. The Balaban J connectivity index is 2.13. The molecule has 0 amide bonds. The molecule has 108 valence electrons. The van der Waals surface area contributed by atoms with Crippen LogP contribution in [0.5, 0.6) is 0 Å². The second kappa shape index (κ2) is 6.33. The predicted octanol–water partition coefficient (Wildman–Crippen LogP) is 3.00. The van der Waals surface area contributed by atoms with Crippen LogP contribution in [0.1, 0.15) is 31.3 Å². The molecule has 1 N–H and O–H groups in total. The van der Waals surface area contributed by atoms with Crippen LogP contribution < -0.4 is 0 Å². The maximum Gasteiger partial charge on any atom is 0.142 e. The lowest BCUT2D eigenvalue weighted by atomic mass is 10.1. The molecule has 1 aromatic carbocycles. The lowest BCUT2D eigenvalue weighted by molar-refractivity contribution is 0.173. The van der Waals surface area contributed by atoms with E-state index in [1.165, 1.54) is 18.5 Å². The maximum absolute atomic E-state index is 13.4. The smallest absolute Gasteiger partial charge is 0.142 e. The van der Waals surface area contributed by atoms with E-state index in [1.807, 2.05) is 0 Å². The summed E-state index contributed by atoms with van der Waals surface area (Å²) >= 11 is 5.63. The van der Waals surface area contributed by atoms with E-state index in [-0.39, 0.29) is 11.4 Å². The van der Waals surface area contributed by atoms with Gasteiger partial charge in [0.2, 0.25) is 0 Å². The molecule has 2 aromatic rings. The van der Waals surface area contributed by atoms with Gasteiger partial charge in [0.15, 0.2) is 0 Å². The zero-order valence-electron chi connectivity index (χ0n) is 11.4. The first-order valence-electron chi connectivity index (χ1n) is 6.47. The summed E-state index contributed by atoms with van der Waals surface area (Å²) in [5.74, 6) is 0.578. The van der Waals surface area contributed by atoms with Gasteiger partial charge in [-0.05, 0) is 23.6 Å². The highest BCUT2D eigenvalue weighted by Crippen LogP contribution is 2.22. The Hall–Kier alpha value is -1.46. The third kappa shape index (κ3) is 3.55. The summed E-state index contributed by atoms with van der Waals surface area (Å²) in [5.41, 5.74) is 0.478. The van der Waals surface area contributed by atoms with Gasteiger partial charge in [-0.3, -0.25) is 0 Å². The summed E-state index contributed by atoms with van der Waals surface area (Å²) in [7, 11) is 0. The van der Waals surface area contributed by atoms with Gasteiger partial charge in [-0.15, -0.1) is 0 Å². The van der Waals surface area contributed by atoms with Crippen molar-refractivity contribution < 1.29 is 9.50 Å². The van der Waals surface area contributed by atoms with Crippen molar-refractivity contribution in [3.63, 3.8) is 0 Å². The van der Waals surface area contributed by atoms with E-state index in [4.69, 9.17) is 11.6 Å². The van der Waals surface area contributed by atoms with Crippen molar-refractivity contribution in [1.82, 2.24) is 14.8 Å². The Morgan fingerprint density at radius 3 is 2.80 bits per heavy atom. The number of aromatic nitrogens is 3. The SMILES string of the molecule is CC(C)Cn1ncnc1CC(O)c1ccc(Cl)c(F)c1. The number of rotatable bonds is 5. The van der Waals surface area contributed by atoms with Gasteiger partial charge in [-0.2, -0.15) is 5.10 Å². The number of aliphatic hydroxyl groups excluding tert-OH is 1. The monoisotopic (exact) mass is 297 g/mol. The molecule has 0 saturated carbocycles. The molecule has 20 heavy (non-hydrogen) atoms. The van der Waals surface area contributed by atoms with E-state index in [2.05, 4.69) is 23.9 Å². The molecule has 0 spiro atoms. The summed E-state index contributed by atoms with van der Waals surface area (Å²) in [4.78, 5) is 4.15. The molecule has 0 fully saturated rings. The fraction of sp³-hybridized carbons (Fsp3) is 0.429. The average Bonchev–Trinajstić information content (AvgIpc) is 2.79. The van der Waals surface area contributed by atoms with Gasteiger partial charge in [0.25, 0.3) is 0 Å². The van der Waals surface area contributed by atoms with Crippen molar-refractivity contribution in [3.05, 3.63) is 46.8 Å². The highest BCUT2D eigenvalue weighted by Gasteiger charge is 2.15. The highest BCUT2D eigenvalue weighted by molar-refractivity contribution is 6.30. The molecule has 0 bridgehead atoms. The summed E-state index contributed by atoms with van der Waals surface area (Å²) < 4.78 is 15.2. The van der Waals surface area contributed by atoms with E-state index >= 15 is 0 Å². The van der Waals surface area contributed by atoms with Crippen LogP contribution in [0.4, 0.5) is 4.39 Å². The van der Waals surface area contributed by atoms with Gasteiger partial charge in [0.1, 0.15) is 18.0 Å². The number of halogens is 2. The third-order valence-electron chi connectivity index (χ3n) is 2.94. The first kappa shape index (κ1) is 14.9. The van der Waals surface area contributed by atoms with Crippen molar-refractivity contribution in [2.75, 3.05) is 0 Å². The minimum Gasteiger partial charge on any atom is -0.388 e. The second-order valence-corrected chi connectivity index (χ2v) is 5.55. The molecule has 1 heterocycles. The molecule has 1 aromatic heterocycles. The van der Waals surface area contributed by atoms with E-state index in [9.17, 15) is 9.50 Å². The molecule has 0 aliphatic rings. The standard InChI is InChI=1S/C14H17ClFN3O/c1-9(2)7-19-14(17-8-18-19)6-13(20)10-3-4-11(15)12(16)5-10/h3-5,8-9,13,20H,6-7H2,1-2H3. The van der Waals surface area contributed by atoms with Crippen LogP contribution in [-0.4, -0.2) is 19.9 Å². The van der Waals surface area contributed by atoms with Crippen molar-refractivity contribution >= 4 is 11.6 Å². The van der Waals surface area contributed by atoms with E-state index < -0.39 is 11.9 Å². The van der Waals surface area contributed by atoms with Gasteiger partial charge in [-0.1, -0.05) is 31.5 Å². The van der Waals surface area contributed by atoms with Crippen LogP contribution >= 0.6 is 11.6 Å². The van der Waals surface area contributed by atoms with Crippen LogP contribution in [-0.2, 0) is 13.0 Å². The van der Waals surface area contributed by atoms with Crippen LogP contribution in [0.15, 0.2) is 24.5 Å². The Kier molecular flexibility index (Phi) is 4.73. The van der Waals surface area contributed by atoms with Gasteiger partial charge in [0, 0.05) is 13.0 Å². The largest absolute Gasteiger partial charge is 0.388 e. The fourth-order valence-electron chi connectivity index (χ4n) is 1.95. The first-order valence-corrected chi connectivity index (χ1v) is 6.85. The highest BCUT2D eigenvalue weighted by atomic mass is 35.5. The topological polar surface area (TPSA) is 50.9 Å². The minimum atomic E-state index is -0.836. The molecule has 0 radical (unpaired) electrons. The molecule has 0 aliphatic heterocycles. The van der Waals surface area contributed by atoms with E-state index in [0.29, 0.717) is 17.3 Å². The predicted molar refractivity (Wildman–Crippen MR) is 74.9 cm³/mol. The van der Waals surface area contributed by atoms with E-state index in [0.717, 1.165) is 6.54 Å². The number of aliphatic hydroxyl groups is 1. The third-order valence-corrected chi connectivity index (χ3v) is 3.24. The summed E-state index contributed by atoms with van der Waals surface area (Å²) in [6.45, 7) is 4.89. The molecule has 1 atom stereocenters. The van der Waals surface area contributed by atoms with Gasteiger partial charge < -0.3 is 5.11 Å². The second-order valence-electron chi connectivity index (χ2n) is 5.15. The molecule has 0 saturated heterocycles. The van der Waals surface area contributed by atoms with Crippen molar-refractivity contribution in [3.8, 4) is 0 Å². The maximum atomic E-state index is 13.4. The Morgan fingerprint density at radius 1 is 1.40 bits per heavy atom. The molecular weight excluding hydrogens is 281 g/mol. The number of hydrogen-bond donors (Lipinski definition) is 1. The number of hydrogen-bond acceptors (Lipinski definition) is 3. The van der Waals surface area contributed by atoms with Crippen LogP contribution in [0.2, 0.25) is 5.02 Å². The Labute approximate surface area is 122 Å². The van der Waals surface area contributed by atoms with Crippen LogP contribution in [0.25, 0.3) is 0 Å². The summed E-state index contributed by atoms with van der Waals surface area (Å²) in [6, 6.07) is 4.30. The molecular formula is C14H17ClFN3O. The average molecular weight is 298 g/mol. The van der Waals surface area contributed by atoms with Crippen molar-refractivity contribution in [2.24, 2.45) is 5.92 Å². The number of benzene rings is 1. The molecule has 0 aliphatic carbocycles. The molecule has 2 rings (SSSR count). The fourth-order valence-corrected chi connectivity index (χ4v) is 2.07. The van der Waals surface area contributed by atoms with Gasteiger partial charge in [-0.25, -0.2) is 14.1 Å². The lowest BCUT2D eigenvalue weighted by Gasteiger charge is -2.13. The van der Waals surface area contributed by atoms with Crippen LogP contribution in [0, 0.1) is 11.7 Å². The Bertz CT molecular complexity index is 586. The summed E-state index contributed by atoms with van der Waals surface area (Å²) in [5, 5.41) is 14.4. The lowest BCUT2D eigenvalue weighted by Crippen LogP contribution is -2.13. The zero-order chi connectivity index (χ0) is 14.7. The molecule has 1 unspecified atom stereocenters. The Morgan fingerprint density at radius 2 is 2.15 bits per heavy atom. The number of nitrogens with zero attached hydrogens (tertiary/aromatic N) is 3.